The Bertz CT molecular complexity index is 655. The quantitative estimate of drug-likeness (QED) is 0.854. The van der Waals surface area contributed by atoms with Crippen LogP contribution in [0, 0.1) is 11.1 Å². The molecule has 4 heterocycles. The lowest BCUT2D eigenvalue weighted by molar-refractivity contribution is 0.502. The molecule has 3 atom stereocenters. The van der Waals surface area contributed by atoms with E-state index in [-0.39, 0.29) is 5.13 Å². The minimum atomic E-state index is -0.525. The molecule has 2 bridgehead atoms. The molecule has 0 saturated carbocycles. The second kappa shape index (κ2) is 4.60. The van der Waals surface area contributed by atoms with E-state index in [1.54, 1.807) is 11.6 Å². The minimum Gasteiger partial charge on any atom is -0.311 e. The van der Waals surface area contributed by atoms with Gasteiger partial charge < -0.3 is 5.32 Å². The van der Waals surface area contributed by atoms with E-state index in [0.717, 1.165) is 23.3 Å². The van der Waals surface area contributed by atoms with Crippen LogP contribution in [0.1, 0.15) is 30.7 Å². The maximum Gasteiger partial charge on any atom is 0.220 e. The van der Waals surface area contributed by atoms with E-state index in [0.29, 0.717) is 29.1 Å². The zero-order chi connectivity index (χ0) is 13.7. The molecule has 3 unspecified atom stereocenters. The fourth-order valence-electron chi connectivity index (χ4n) is 3.51. The van der Waals surface area contributed by atoms with Gasteiger partial charge in [-0.2, -0.15) is 8.78 Å². The van der Waals surface area contributed by atoms with Gasteiger partial charge in [-0.15, -0.1) is 11.3 Å². The first-order valence-electron chi connectivity index (χ1n) is 6.86. The van der Waals surface area contributed by atoms with Gasteiger partial charge in [-0.1, -0.05) is 0 Å². The fourth-order valence-corrected chi connectivity index (χ4v) is 4.14. The molecular weight excluding hydrogens is 278 g/mol. The Morgan fingerprint density at radius 2 is 2.15 bits per heavy atom. The molecule has 0 radical (unpaired) electrons. The SMILES string of the molecule is Fc1cc(-c2cc(C3CC4CCC3N4)cnc2F)cs1. The molecule has 0 amide bonds. The van der Waals surface area contributed by atoms with Gasteiger partial charge in [0.25, 0.3) is 0 Å². The molecule has 2 aromatic heterocycles. The van der Waals surface area contributed by atoms with Crippen LogP contribution >= 0.6 is 11.3 Å². The summed E-state index contributed by atoms with van der Waals surface area (Å²) in [7, 11) is 0. The van der Waals surface area contributed by atoms with E-state index in [9.17, 15) is 8.78 Å². The van der Waals surface area contributed by atoms with Gasteiger partial charge in [0.2, 0.25) is 5.95 Å². The maximum absolute atomic E-state index is 13.9. The predicted molar refractivity (Wildman–Crippen MR) is 74.8 cm³/mol. The third-order valence-corrected chi connectivity index (χ3v) is 5.18. The minimum absolute atomic E-state index is 0.300. The van der Waals surface area contributed by atoms with Crippen molar-refractivity contribution in [3.05, 3.63) is 40.4 Å². The molecule has 4 rings (SSSR count). The molecule has 0 aliphatic carbocycles. The van der Waals surface area contributed by atoms with Gasteiger partial charge in [-0.3, -0.25) is 0 Å². The van der Waals surface area contributed by atoms with Crippen LogP contribution in [0.3, 0.4) is 0 Å². The van der Waals surface area contributed by atoms with Crippen molar-refractivity contribution in [3.63, 3.8) is 0 Å². The summed E-state index contributed by atoms with van der Waals surface area (Å²) in [6, 6.07) is 4.29. The monoisotopic (exact) mass is 292 g/mol. The summed E-state index contributed by atoms with van der Waals surface area (Å²) in [6.45, 7) is 0. The molecule has 1 N–H and O–H groups in total. The van der Waals surface area contributed by atoms with Crippen molar-refractivity contribution in [2.75, 3.05) is 0 Å². The number of rotatable bonds is 2. The van der Waals surface area contributed by atoms with E-state index in [1.165, 1.54) is 18.9 Å². The molecule has 104 valence electrons. The smallest absolute Gasteiger partial charge is 0.220 e. The number of halogens is 2. The predicted octanol–water partition coefficient (Wildman–Crippen LogP) is 3.70. The number of hydrogen-bond acceptors (Lipinski definition) is 3. The number of aromatic nitrogens is 1. The van der Waals surface area contributed by atoms with Crippen molar-refractivity contribution in [2.24, 2.45) is 0 Å². The summed E-state index contributed by atoms with van der Waals surface area (Å²) in [5.74, 6) is -0.119. The van der Waals surface area contributed by atoms with E-state index in [1.807, 2.05) is 6.07 Å². The third kappa shape index (κ3) is 1.96. The van der Waals surface area contributed by atoms with Gasteiger partial charge in [0.15, 0.2) is 5.13 Å². The Kier molecular flexibility index (Phi) is 2.86. The van der Waals surface area contributed by atoms with E-state index in [2.05, 4.69) is 10.3 Å². The van der Waals surface area contributed by atoms with Crippen LogP contribution in [-0.4, -0.2) is 17.1 Å². The molecule has 2 aromatic rings. The van der Waals surface area contributed by atoms with Gasteiger partial charge in [0.05, 0.1) is 0 Å². The molecular formula is C15H14F2N2S. The van der Waals surface area contributed by atoms with Crippen LogP contribution in [0.25, 0.3) is 11.1 Å². The highest BCUT2D eigenvalue weighted by molar-refractivity contribution is 7.08. The molecule has 2 aliphatic rings. The van der Waals surface area contributed by atoms with Crippen LogP contribution < -0.4 is 5.32 Å². The van der Waals surface area contributed by atoms with Crippen molar-refractivity contribution < 1.29 is 8.78 Å². The van der Waals surface area contributed by atoms with E-state index >= 15 is 0 Å². The van der Waals surface area contributed by atoms with Crippen molar-refractivity contribution in [1.82, 2.24) is 10.3 Å². The fraction of sp³-hybridized carbons (Fsp3) is 0.400. The standard InChI is InChI=1S/C15H14F2N2S/c16-14-4-9(7-20-14)12-3-8(6-18-15(12)17)11-5-10-1-2-13(11)19-10/h3-4,6-7,10-11,13,19H,1-2,5H2. The van der Waals surface area contributed by atoms with Gasteiger partial charge in [0.1, 0.15) is 0 Å². The molecule has 0 spiro atoms. The Morgan fingerprint density at radius 3 is 2.80 bits per heavy atom. The first kappa shape index (κ1) is 12.4. The van der Waals surface area contributed by atoms with Gasteiger partial charge in [-0.25, -0.2) is 4.98 Å². The van der Waals surface area contributed by atoms with Crippen LogP contribution in [-0.2, 0) is 0 Å². The molecule has 20 heavy (non-hydrogen) atoms. The zero-order valence-corrected chi connectivity index (χ0v) is 11.6. The number of thiophene rings is 1. The lowest BCUT2D eigenvalue weighted by Gasteiger charge is -2.20. The van der Waals surface area contributed by atoms with Crippen molar-refractivity contribution >= 4 is 11.3 Å². The Morgan fingerprint density at radius 1 is 1.25 bits per heavy atom. The van der Waals surface area contributed by atoms with Crippen LogP contribution in [0.4, 0.5) is 8.78 Å². The van der Waals surface area contributed by atoms with Crippen molar-refractivity contribution in [2.45, 2.75) is 37.3 Å². The lowest BCUT2D eigenvalue weighted by atomic mass is 9.84. The van der Waals surface area contributed by atoms with Gasteiger partial charge >= 0.3 is 0 Å². The molecule has 2 nitrogen and oxygen atoms in total. The van der Waals surface area contributed by atoms with Crippen molar-refractivity contribution in [3.8, 4) is 11.1 Å². The number of hydrogen-bond donors (Lipinski definition) is 1. The van der Waals surface area contributed by atoms with Crippen LogP contribution in [0.15, 0.2) is 23.7 Å². The summed E-state index contributed by atoms with van der Waals surface area (Å²) in [6.07, 6.45) is 5.14. The average Bonchev–Trinajstić information content (AvgIpc) is 3.15. The Balaban J connectivity index is 1.72. The highest BCUT2D eigenvalue weighted by atomic mass is 32.1. The number of nitrogens with one attached hydrogen (secondary N) is 1. The average molecular weight is 292 g/mol. The summed E-state index contributed by atoms with van der Waals surface area (Å²) < 4.78 is 27.0. The second-order valence-electron chi connectivity index (χ2n) is 5.64. The van der Waals surface area contributed by atoms with Gasteiger partial charge in [0, 0.05) is 35.1 Å². The lowest BCUT2D eigenvalue weighted by Crippen LogP contribution is -2.21. The third-order valence-electron chi connectivity index (χ3n) is 4.47. The largest absolute Gasteiger partial charge is 0.311 e. The van der Waals surface area contributed by atoms with Gasteiger partial charge in [-0.05, 0) is 42.5 Å². The number of pyridine rings is 1. The van der Waals surface area contributed by atoms with Crippen LogP contribution in [0.2, 0.25) is 0 Å². The highest BCUT2D eigenvalue weighted by Crippen LogP contribution is 2.41. The zero-order valence-electron chi connectivity index (χ0n) is 10.8. The summed E-state index contributed by atoms with van der Waals surface area (Å²) in [4.78, 5) is 3.88. The summed E-state index contributed by atoms with van der Waals surface area (Å²) >= 11 is 0.985. The topological polar surface area (TPSA) is 24.9 Å². The first-order valence-corrected chi connectivity index (χ1v) is 7.74. The molecule has 5 heteroatoms. The molecule has 2 aliphatic heterocycles. The Hall–Kier alpha value is -1.33. The number of fused-ring (bicyclic) bond motifs is 2. The summed E-state index contributed by atoms with van der Waals surface area (Å²) in [5, 5.41) is 4.91. The normalized spacial score (nSPS) is 28.2. The Labute approximate surface area is 119 Å². The summed E-state index contributed by atoms with van der Waals surface area (Å²) in [5.41, 5.74) is 2.05. The van der Waals surface area contributed by atoms with E-state index < -0.39 is 5.95 Å². The maximum atomic E-state index is 13.9. The number of nitrogens with zero attached hydrogens (tertiary/aromatic N) is 1. The molecule has 2 saturated heterocycles. The first-order chi connectivity index (χ1) is 9.70. The highest BCUT2D eigenvalue weighted by Gasteiger charge is 2.40. The second-order valence-corrected chi connectivity index (χ2v) is 6.50. The van der Waals surface area contributed by atoms with E-state index in [4.69, 9.17) is 0 Å². The van der Waals surface area contributed by atoms with Crippen molar-refractivity contribution in [1.29, 1.82) is 0 Å². The molecule has 0 aromatic carbocycles. The van der Waals surface area contributed by atoms with Crippen LogP contribution in [0.5, 0.6) is 0 Å². The molecule has 2 fully saturated rings.